The van der Waals surface area contributed by atoms with Crippen molar-refractivity contribution < 1.29 is 18.7 Å². The van der Waals surface area contributed by atoms with Crippen molar-refractivity contribution in [2.24, 2.45) is 5.92 Å². The highest BCUT2D eigenvalue weighted by Gasteiger charge is 2.17. The third-order valence-corrected chi connectivity index (χ3v) is 6.02. The van der Waals surface area contributed by atoms with E-state index in [1.807, 2.05) is 66.7 Å². The van der Waals surface area contributed by atoms with Crippen LogP contribution in [0.3, 0.4) is 0 Å². The summed E-state index contributed by atoms with van der Waals surface area (Å²) in [6.45, 7) is 6.61. The number of benzene rings is 3. The molecule has 0 saturated heterocycles. The molecule has 1 heterocycles. The van der Waals surface area contributed by atoms with Crippen LogP contribution in [0.4, 0.5) is 5.69 Å². The number of ether oxygens (including phenoxy) is 1. The lowest BCUT2D eigenvalue weighted by Gasteiger charge is -2.24. The van der Waals surface area contributed by atoms with Gasteiger partial charge in [-0.2, -0.15) is 0 Å². The molecule has 0 spiro atoms. The van der Waals surface area contributed by atoms with Crippen LogP contribution in [0, 0.1) is 5.92 Å². The van der Waals surface area contributed by atoms with Crippen LogP contribution in [0.15, 0.2) is 83.3 Å². The molecule has 0 saturated carbocycles. The first kappa shape index (κ1) is 26.6. The minimum Gasteiger partial charge on any atom is -0.466 e. The molecule has 38 heavy (non-hydrogen) atoms. The molecule has 0 bridgehead atoms. The van der Waals surface area contributed by atoms with E-state index in [1.165, 1.54) is 0 Å². The summed E-state index contributed by atoms with van der Waals surface area (Å²) in [4.78, 5) is 23.9. The predicted octanol–water partition coefficient (Wildman–Crippen LogP) is 5.90. The van der Waals surface area contributed by atoms with Gasteiger partial charge in [0.15, 0.2) is 0 Å². The van der Waals surface area contributed by atoms with Gasteiger partial charge in [-0.05, 0) is 66.9 Å². The first-order chi connectivity index (χ1) is 18.4. The number of esters is 1. The van der Waals surface area contributed by atoms with Crippen LogP contribution < -0.4 is 10.6 Å². The molecule has 0 radical (unpaired) electrons. The van der Waals surface area contributed by atoms with Crippen molar-refractivity contribution in [2.45, 2.75) is 33.2 Å². The Morgan fingerprint density at radius 1 is 0.868 bits per heavy atom. The Morgan fingerprint density at radius 3 is 2.11 bits per heavy atom. The zero-order valence-corrected chi connectivity index (χ0v) is 21.8. The van der Waals surface area contributed by atoms with Gasteiger partial charge >= 0.3 is 5.97 Å². The molecule has 8 heteroatoms. The monoisotopic (exact) mass is 512 g/mol. The maximum Gasteiger partial charge on any atom is 0.307 e. The fourth-order valence-corrected chi connectivity index (χ4v) is 4.02. The quantitative estimate of drug-likeness (QED) is 0.241. The zero-order valence-electron chi connectivity index (χ0n) is 21.8. The average molecular weight is 513 g/mol. The SMILES string of the molecule is CCOC(=O)CCNC(=O)c1ccc([C@@H](Nc2ccc(-c3nnc(-c4ccccc4)o3)cc2)C(C)C)cc1. The summed E-state index contributed by atoms with van der Waals surface area (Å²) in [5.41, 5.74) is 4.28. The van der Waals surface area contributed by atoms with Crippen molar-refractivity contribution in [1.29, 1.82) is 0 Å². The minimum absolute atomic E-state index is 0.0369. The number of amides is 1. The van der Waals surface area contributed by atoms with E-state index in [0.29, 0.717) is 29.9 Å². The minimum atomic E-state index is -0.323. The standard InChI is InChI=1S/C30H32N4O4/c1-4-37-26(35)18-19-31-28(36)22-12-10-21(11-13-22)27(20(2)3)32-25-16-14-24(15-17-25)30-34-33-29(38-30)23-8-6-5-7-9-23/h5-17,20,27,32H,4,18-19H2,1-3H3,(H,31,36)/t27-/m0/s1. The normalized spacial score (nSPS) is 11.7. The molecule has 4 rings (SSSR count). The third kappa shape index (κ3) is 6.85. The Morgan fingerprint density at radius 2 is 1.50 bits per heavy atom. The van der Waals surface area contributed by atoms with Gasteiger partial charge in [-0.1, -0.05) is 44.2 Å². The van der Waals surface area contributed by atoms with Crippen molar-refractivity contribution in [3.8, 4) is 22.9 Å². The number of carbonyl (C=O) groups excluding carboxylic acids is 2. The summed E-state index contributed by atoms with van der Waals surface area (Å²) < 4.78 is 10.7. The molecule has 2 N–H and O–H groups in total. The van der Waals surface area contributed by atoms with Crippen molar-refractivity contribution in [1.82, 2.24) is 15.5 Å². The molecular formula is C30H32N4O4. The smallest absolute Gasteiger partial charge is 0.307 e. The Kier molecular flexibility index (Phi) is 8.87. The van der Waals surface area contributed by atoms with Crippen LogP contribution in [0.2, 0.25) is 0 Å². The van der Waals surface area contributed by atoms with Gasteiger partial charge in [0.05, 0.1) is 19.1 Å². The van der Waals surface area contributed by atoms with Crippen LogP contribution in [0.5, 0.6) is 0 Å². The van der Waals surface area contributed by atoms with Gasteiger partial charge in [0.25, 0.3) is 5.91 Å². The van der Waals surface area contributed by atoms with Crippen LogP contribution >= 0.6 is 0 Å². The van der Waals surface area contributed by atoms with E-state index in [-0.39, 0.29) is 30.9 Å². The number of carbonyl (C=O) groups is 2. The van der Waals surface area contributed by atoms with Gasteiger partial charge < -0.3 is 19.8 Å². The lowest BCUT2D eigenvalue weighted by molar-refractivity contribution is -0.142. The van der Waals surface area contributed by atoms with E-state index in [4.69, 9.17) is 9.15 Å². The van der Waals surface area contributed by atoms with Crippen LogP contribution in [0.1, 0.15) is 49.2 Å². The van der Waals surface area contributed by atoms with Gasteiger partial charge in [-0.3, -0.25) is 9.59 Å². The Labute approximate surface area is 222 Å². The second-order valence-electron chi connectivity index (χ2n) is 9.15. The Balaban J connectivity index is 1.38. The summed E-state index contributed by atoms with van der Waals surface area (Å²) in [5, 5.41) is 14.7. The van der Waals surface area contributed by atoms with Crippen molar-refractivity contribution in [2.75, 3.05) is 18.5 Å². The fourth-order valence-electron chi connectivity index (χ4n) is 4.02. The molecule has 4 aromatic rings. The van der Waals surface area contributed by atoms with E-state index < -0.39 is 0 Å². The zero-order chi connectivity index (χ0) is 26.9. The number of aromatic nitrogens is 2. The predicted molar refractivity (Wildman–Crippen MR) is 146 cm³/mol. The summed E-state index contributed by atoms with van der Waals surface area (Å²) in [6, 6.07) is 25.1. The molecule has 1 aromatic heterocycles. The first-order valence-corrected chi connectivity index (χ1v) is 12.7. The highest BCUT2D eigenvalue weighted by Crippen LogP contribution is 2.29. The van der Waals surface area contributed by atoms with Gasteiger partial charge in [-0.15, -0.1) is 10.2 Å². The van der Waals surface area contributed by atoms with E-state index in [9.17, 15) is 9.59 Å². The molecule has 196 valence electrons. The fraction of sp³-hybridized carbons (Fsp3) is 0.267. The number of anilines is 1. The summed E-state index contributed by atoms with van der Waals surface area (Å²) >= 11 is 0. The number of rotatable bonds is 11. The lowest BCUT2D eigenvalue weighted by atomic mass is 9.94. The van der Waals surface area contributed by atoms with Crippen LogP contribution in [-0.2, 0) is 9.53 Å². The van der Waals surface area contributed by atoms with Crippen molar-refractivity contribution in [3.63, 3.8) is 0 Å². The maximum absolute atomic E-state index is 12.4. The molecular weight excluding hydrogens is 480 g/mol. The Hall–Kier alpha value is -4.46. The number of hydrogen-bond donors (Lipinski definition) is 2. The topological polar surface area (TPSA) is 106 Å². The van der Waals surface area contributed by atoms with Crippen LogP contribution in [0.25, 0.3) is 22.9 Å². The number of nitrogens with one attached hydrogen (secondary N) is 2. The van der Waals surface area contributed by atoms with E-state index in [2.05, 4.69) is 34.7 Å². The van der Waals surface area contributed by atoms with Gasteiger partial charge in [0.2, 0.25) is 11.8 Å². The summed E-state index contributed by atoms with van der Waals surface area (Å²) in [7, 11) is 0. The first-order valence-electron chi connectivity index (χ1n) is 12.7. The van der Waals surface area contributed by atoms with E-state index in [1.54, 1.807) is 19.1 Å². The van der Waals surface area contributed by atoms with Gasteiger partial charge in [0, 0.05) is 28.9 Å². The maximum atomic E-state index is 12.4. The molecule has 0 aliphatic rings. The second-order valence-corrected chi connectivity index (χ2v) is 9.15. The molecule has 3 aromatic carbocycles. The van der Waals surface area contributed by atoms with E-state index in [0.717, 1.165) is 22.4 Å². The Bertz CT molecular complexity index is 1330. The lowest BCUT2D eigenvalue weighted by Crippen LogP contribution is -2.26. The molecule has 0 fully saturated rings. The summed E-state index contributed by atoms with van der Waals surface area (Å²) in [6.07, 6.45) is 0.149. The number of nitrogens with zero attached hydrogens (tertiary/aromatic N) is 2. The summed E-state index contributed by atoms with van der Waals surface area (Å²) in [5.74, 6) is 0.701. The van der Waals surface area contributed by atoms with Gasteiger partial charge in [0.1, 0.15) is 0 Å². The van der Waals surface area contributed by atoms with Gasteiger partial charge in [-0.25, -0.2) is 0 Å². The molecule has 0 aliphatic heterocycles. The highest BCUT2D eigenvalue weighted by molar-refractivity contribution is 5.94. The molecule has 1 amide bonds. The largest absolute Gasteiger partial charge is 0.466 e. The van der Waals surface area contributed by atoms with Crippen molar-refractivity contribution >= 4 is 17.6 Å². The molecule has 0 unspecified atom stereocenters. The molecule has 0 aliphatic carbocycles. The molecule has 8 nitrogen and oxygen atoms in total. The number of hydrogen-bond acceptors (Lipinski definition) is 7. The molecule has 1 atom stereocenters. The second kappa shape index (κ2) is 12.7. The van der Waals surface area contributed by atoms with E-state index >= 15 is 0 Å². The van der Waals surface area contributed by atoms with Crippen molar-refractivity contribution in [3.05, 3.63) is 90.0 Å². The highest BCUT2D eigenvalue weighted by atomic mass is 16.5. The average Bonchev–Trinajstić information content (AvgIpc) is 3.43. The van der Waals surface area contributed by atoms with Crippen LogP contribution in [-0.4, -0.2) is 35.2 Å². The third-order valence-electron chi connectivity index (χ3n) is 6.02.